The fourth-order valence-electron chi connectivity index (χ4n) is 7.53. The first kappa shape index (κ1) is 28.0. The van der Waals surface area contributed by atoms with Crippen molar-refractivity contribution in [2.75, 3.05) is 0 Å². The normalized spacial score (nSPS) is 11.7. The molecule has 228 valence electrons. The maximum Gasteiger partial charge on any atom is 0.0722 e. The first-order chi connectivity index (χ1) is 24.3. The summed E-state index contributed by atoms with van der Waals surface area (Å²) in [6.07, 6.45) is 0. The summed E-state index contributed by atoms with van der Waals surface area (Å²) in [6, 6.07) is 63.8. The van der Waals surface area contributed by atoms with Crippen molar-refractivity contribution in [3.8, 4) is 44.8 Å². The molecule has 0 bridgehead atoms. The van der Waals surface area contributed by atoms with Crippen LogP contribution in [0.15, 0.2) is 176 Å². The minimum atomic E-state index is 0.969. The second kappa shape index (κ2) is 11.3. The predicted molar refractivity (Wildman–Crippen MR) is 211 cm³/mol. The molecule has 1 nitrogen and oxygen atoms in total. The first-order valence-corrected chi connectivity index (χ1v) is 17.5. The second-order valence-corrected chi connectivity index (χ2v) is 13.8. The Morgan fingerprint density at radius 3 is 1.67 bits per heavy atom. The van der Waals surface area contributed by atoms with Crippen LogP contribution < -0.4 is 0 Å². The molecule has 0 fully saturated rings. The van der Waals surface area contributed by atoms with Crippen molar-refractivity contribution in [3.05, 3.63) is 176 Å². The van der Waals surface area contributed by atoms with E-state index in [1.165, 1.54) is 69.2 Å². The fraction of sp³-hybridized carbons (Fsp3) is 0. The molecule has 0 aliphatic heterocycles. The minimum absolute atomic E-state index is 0.969. The lowest BCUT2D eigenvalue weighted by molar-refractivity contribution is 1.33. The summed E-state index contributed by atoms with van der Waals surface area (Å²) in [5.41, 5.74) is 8.97. The molecule has 2 heterocycles. The van der Waals surface area contributed by atoms with Gasteiger partial charge in [0, 0.05) is 31.3 Å². The lowest BCUT2D eigenvalue weighted by atomic mass is 9.88. The van der Waals surface area contributed by atoms with Crippen LogP contribution in [0.2, 0.25) is 0 Å². The van der Waals surface area contributed by atoms with E-state index in [-0.39, 0.29) is 0 Å². The SMILES string of the molecule is c1ccc(-c2cc(-c3ccccc3)nc(-c3cccc4c5ccccc5c5ccc(-c6ccc7c(c6)sc6ccccc67)cc5c34)c2)cc1. The number of hydrogen-bond donors (Lipinski definition) is 0. The van der Waals surface area contributed by atoms with Crippen molar-refractivity contribution >= 4 is 63.8 Å². The van der Waals surface area contributed by atoms with Crippen LogP contribution in [0.4, 0.5) is 0 Å². The van der Waals surface area contributed by atoms with Gasteiger partial charge in [-0.15, -0.1) is 11.3 Å². The van der Waals surface area contributed by atoms with E-state index in [1.807, 2.05) is 11.3 Å². The van der Waals surface area contributed by atoms with Crippen LogP contribution in [-0.4, -0.2) is 4.98 Å². The topological polar surface area (TPSA) is 12.9 Å². The second-order valence-electron chi connectivity index (χ2n) is 12.7. The van der Waals surface area contributed by atoms with Gasteiger partial charge in [-0.3, -0.25) is 0 Å². The van der Waals surface area contributed by atoms with E-state index in [9.17, 15) is 0 Å². The monoisotopic (exact) mass is 639 g/mol. The number of fused-ring (bicyclic) bond motifs is 9. The van der Waals surface area contributed by atoms with E-state index in [0.29, 0.717) is 0 Å². The number of benzene rings is 8. The van der Waals surface area contributed by atoms with Crippen LogP contribution in [-0.2, 0) is 0 Å². The van der Waals surface area contributed by atoms with Gasteiger partial charge in [0.2, 0.25) is 0 Å². The molecule has 2 aromatic heterocycles. The van der Waals surface area contributed by atoms with Crippen LogP contribution in [0, 0.1) is 0 Å². The van der Waals surface area contributed by atoms with Gasteiger partial charge in [0.15, 0.2) is 0 Å². The predicted octanol–water partition coefficient (Wildman–Crippen LogP) is 13.6. The van der Waals surface area contributed by atoms with Gasteiger partial charge in [-0.1, -0.05) is 146 Å². The van der Waals surface area contributed by atoms with Gasteiger partial charge in [0.05, 0.1) is 11.4 Å². The highest BCUT2D eigenvalue weighted by Gasteiger charge is 2.17. The van der Waals surface area contributed by atoms with Crippen molar-refractivity contribution < 1.29 is 0 Å². The molecule has 0 spiro atoms. The smallest absolute Gasteiger partial charge is 0.0722 e. The van der Waals surface area contributed by atoms with Crippen LogP contribution in [0.1, 0.15) is 0 Å². The lowest BCUT2D eigenvalue weighted by Crippen LogP contribution is -1.93. The molecule has 0 saturated carbocycles. The van der Waals surface area contributed by atoms with Gasteiger partial charge in [-0.05, 0) is 84.9 Å². The van der Waals surface area contributed by atoms with Crippen LogP contribution in [0.3, 0.4) is 0 Å². The number of nitrogens with zero attached hydrogens (tertiary/aromatic N) is 1. The minimum Gasteiger partial charge on any atom is -0.248 e. The van der Waals surface area contributed by atoms with Crippen molar-refractivity contribution in [3.63, 3.8) is 0 Å². The summed E-state index contributed by atoms with van der Waals surface area (Å²) in [5, 5.41) is 10.1. The Bertz CT molecular complexity index is 2810. The number of hydrogen-bond acceptors (Lipinski definition) is 2. The molecule has 0 saturated heterocycles. The van der Waals surface area contributed by atoms with Gasteiger partial charge in [0.25, 0.3) is 0 Å². The van der Waals surface area contributed by atoms with Gasteiger partial charge in [-0.2, -0.15) is 0 Å². The van der Waals surface area contributed by atoms with E-state index in [4.69, 9.17) is 4.98 Å². The summed E-state index contributed by atoms with van der Waals surface area (Å²) in [4.78, 5) is 5.37. The summed E-state index contributed by atoms with van der Waals surface area (Å²) in [6.45, 7) is 0. The molecule has 10 rings (SSSR count). The van der Waals surface area contributed by atoms with Gasteiger partial charge < -0.3 is 0 Å². The molecule has 0 unspecified atom stereocenters. The van der Waals surface area contributed by atoms with E-state index in [2.05, 4.69) is 176 Å². The highest BCUT2D eigenvalue weighted by molar-refractivity contribution is 7.25. The van der Waals surface area contributed by atoms with Crippen LogP contribution in [0.5, 0.6) is 0 Å². The molecule has 10 aromatic rings. The Morgan fingerprint density at radius 1 is 0.306 bits per heavy atom. The summed E-state index contributed by atoms with van der Waals surface area (Å²) in [7, 11) is 0. The number of thiophene rings is 1. The maximum atomic E-state index is 5.37. The Kier molecular flexibility index (Phi) is 6.43. The Morgan fingerprint density at radius 2 is 0.878 bits per heavy atom. The first-order valence-electron chi connectivity index (χ1n) is 16.7. The third-order valence-electron chi connectivity index (χ3n) is 9.85. The zero-order valence-electron chi connectivity index (χ0n) is 26.6. The molecule has 0 aliphatic carbocycles. The standard InChI is InChI=1S/C47H29NS/c1-3-12-30(13-4-1)34-27-43(31-14-5-2-6-15-31)48-44(28-34)41-20-11-19-40-36-17-8-7-16-35(36)37-24-22-32(26-42(37)47(40)41)33-23-25-39-38-18-9-10-21-45(38)49-46(39)29-33/h1-29H. The molecule has 49 heavy (non-hydrogen) atoms. The molecule has 0 amide bonds. The largest absolute Gasteiger partial charge is 0.248 e. The van der Waals surface area contributed by atoms with Crippen molar-refractivity contribution in [1.82, 2.24) is 4.98 Å². The average molecular weight is 640 g/mol. The van der Waals surface area contributed by atoms with Crippen molar-refractivity contribution in [2.45, 2.75) is 0 Å². The van der Waals surface area contributed by atoms with E-state index in [1.54, 1.807) is 0 Å². The average Bonchev–Trinajstić information content (AvgIpc) is 3.56. The molecule has 2 heteroatoms. The molecular weight excluding hydrogens is 611 g/mol. The Labute approximate surface area is 288 Å². The van der Waals surface area contributed by atoms with Crippen LogP contribution in [0.25, 0.3) is 97.3 Å². The summed E-state index contributed by atoms with van der Waals surface area (Å²) >= 11 is 1.87. The van der Waals surface area contributed by atoms with Crippen molar-refractivity contribution in [2.24, 2.45) is 0 Å². The summed E-state index contributed by atoms with van der Waals surface area (Å²) in [5.74, 6) is 0. The van der Waals surface area contributed by atoms with Gasteiger partial charge >= 0.3 is 0 Å². The fourth-order valence-corrected chi connectivity index (χ4v) is 8.67. The molecule has 0 radical (unpaired) electrons. The quantitative estimate of drug-likeness (QED) is 0.175. The van der Waals surface area contributed by atoms with E-state index >= 15 is 0 Å². The molecule has 8 aromatic carbocycles. The number of aromatic nitrogens is 1. The highest BCUT2D eigenvalue weighted by atomic mass is 32.1. The van der Waals surface area contributed by atoms with Gasteiger partial charge in [-0.25, -0.2) is 4.98 Å². The lowest BCUT2D eigenvalue weighted by Gasteiger charge is -2.16. The van der Waals surface area contributed by atoms with E-state index < -0.39 is 0 Å². The molecule has 0 aliphatic rings. The Balaban J connectivity index is 1.26. The number of rotatable bonds is 4. The molecule has 0 atom stereocenters. The van der Waals surface area contributed by atoms with Crippen LogP contribution >= 0.6 is 11.3 Å². The zero-order valence-corrected chi connectivity index (χ0v) is 27.4. The molecular formula is C47H29NS. The number of pyridine rings is 1. The van der Waals surface area contributed by atoms with Crippen molar-refractivity contribution in [1.29, 1.82) is 0 Å². The molecule has 0 N–H and O–H groups in total. The third kappa shape index (κ3) is 4.64. The zero-order chi connectivity index (χ0) is 32.3. The highest BCUT2D eigenvalue weighted by Crippen LogP contribution is 2.43. The van der Waals surface area contributed by atoms with Gasteiger partial charge in [0.1, 0.15) is 0 Å². The third-order valence-corrected chi connectivity index (χ3v) is 11.0. The summed E-state index contributed by atoms with van der Waals surface area (Å²) < 4.78 is 2.65. The maximum absolute atomic E-state index is 5.37. The Hall–Kier alpha value is -6.09. The van der Waals surface area contributed by atoms with E-state index in [0.717, 1.165) is 28.1 Å².